The molecule has 28 heavy (non-hydrogen) atoms. The summed E-state index contributed by atoms with van der Waals surface area (Å²) in [6.45, 7) is 15.3. The van der Waals surface area contributed by atoms with E-state index in [0.29, 0.717) is 19.0 Å². The first-order valence-corrected chi connectivity index (χ1v) is 9.85. The molecule has 0 rings (SSSR count). The van der Waals surface area contributed by atoms with Gasteiger partial charge in [-0.1, -0.05) is 58.6 Å². The Morgan fingerprint density at radius 2 is 1.89 bits per heavy atom. The number of nitrogens with one attached hydrogen (secondary N) is 1. The summed E-state index contributed by atoms with van der Waals surface area (Å²) in [5.41, 5.74) is 5.96. The van der Waals surface area contributed by atoms with Crippen molar-refractivity contribution in [1.29, 1.82) is 0 Å². The maximum absolute atomic E-state index is 11.9. The molecule has 0 saturated carbocycles. The zero-order valence-corrected chi connectivity index (χ0v) is 18.1. The second-order valence-corrected chi connectivity index (χ2v) is 7.08. The zero-order valence-electron chi connectivity index (χ0n) is 18.1. The minimum atomic E-state index is -0.400. The van der Waals surface area contributed by atoms with Crippen LogP contribution in [0.3, 0.4) is 0 Å². The van der Waals surface area contributed by atoms with Gasteiger partial charge in [-0.3, -0.25) is 9.59 Å². The van der Waals surface area contributed by atoms with E-state index in [1.807, 2.05) is 24.8 Å². The van der Waals surface area contributed by atoms with Gasteiger partial charge in [0.05, 0.1) is 6.54 Å². The van der Waals surface area contributed by atoms with Gasteiger partial charge in [-0.15, -0.1) is 0 Å². The predicted molar refractivity (Wildman–Crippen MR) is 117 cm³/mol. The molecule has 160 valence electrons. The van der Waals surface area contributed by atoms with Crippen LogP contribution in [0.5, 0.6) is 0 Å². The van der Waals surface area contributed by atoms with Crippen LogP contribution in [0.2, 0.25) is 0 Å². The normalized spacial score (nSPS) is 11.8. The van der Waals surface area contributed by atoms with Gasteiger partial charge in [-0.05, 0) is 31.4 Å². The van der Waals surface area contributed by atoms with Crippen LogP contribution in [0.1, 0.15) is 46.5 Å². The molecule has 0 aliphatic heterocycles. The molecular weight excluding hydrogens is 354 g/mol. The summed E-state index contributed by atoms with van der Waals surface area (Å²) in [4.78, 5) is 34.5. The lowest BCUT2D eigenvalue weighted by Gasteiger charge is -2.23. The Morgan fingerprint density at radius 3 is 2.29 bits per heavy atom. The summed E-state index contributed by atoms with van der Waals surface area (Å²) in [5.74, 6) is -0.0300. The lowest BCUT2D eigenvalue weighted by molar-refractivity contribution is -0.129. The Morgan fingerprint density at radius 1 is 1.25 bits per heavy atom. The van der Waals surface area contributed by atoms with Crippen molar-refractivity contribution < 1.29 is 14.4 Å². The quantitative estimate of drug-likeness (QED) is 0.351. The van der Waals surface area contributed by atoms with Crippen LogP contribution in [-0.2, 0) is 14.4 Å². The first kappa shape index (κ1) is 28.0. The highest BCUT2D eigenvalue weighted by atomic mass is 16.2. The van der Waals surface area contributed by atoms with Crippen molar-refractivity contribution >= 4 is 18.1 Å². The van der Waals surface area contributed by atoms with E-state index in [1.54, 1.807) is 19.2 Å². The molecule has 0 radical (unpaired) electrons. The van der Waals surface area contributed by atoms with Gasteiger partial charge >= 0.3 is 0 Å². The standard InChI is InChI=1S/C14H24N2O.C8H15NO2/c1-5-8-10-16(14(17)11-15-4)12-13(7-3)9-6-2;1-6(2)3-7(5-10)4-8(9)11/h6-7,9,15H,2-3,5,8,10-12H2,1,4H3;5-7H,3-4H2,1-2H3,(H2,9,11)/b13-9+;. The predicted octanol–water partition coefficient (Wildman–Crippen LogP) is 2.86. The average Bonchev–Trinajstić information content (AvgIpc) is 2.63. The summed E-state index contributed by atoms with van der Waals surface area (Å²) >= 11 is 0. The summed E-state index contributed by atoms with van der Waals surface area (Å²) in [5, 5.41) is 2.89. The third-order valence-electron chi connectivity index (χ3n) is 3.86. The van der Waals surface area contributed by atoms with Crippen LogP contribution in [0.25, 0.3) is 0 Å². The van der Waals surface area contributed by atoms with E-state index in [0.717, 1.165) is 37.7 Å². The van der Waals surface area contributed by atoms with Crippen LogP contribution in [-0.4, -0.2) is 49.7 Å². The van der Waals surface area contributed by atoms with E-state index in [4.69, 9.17) is 5.73 Å². The lowest BCUT2D eigenvalue weighted by Crippen LogP contribution is -2.38. The Kier molecular flexibility index (Phi) is 18.2. The number of allylic oxidation sites excluding steroid dienone is 2. The largest absolute Gasteiger partial charge is 0.370 e. The summed E-state index contributed by atoms with van der Waals surface area (Å²) in [6, 6.07) is 0. The lowest BCUT2D eigenvalue weighted by atomic mass is 9.95. The Balaban J connectivity index is 0. The van der Waals surface area contributed by atoms with Gasteiger partial charge in [0.2, 0.25) is 11.8 Å². The molecule has 1 atom stereocenters. The number of nitrogens with two attached hydrogens (primary N) is 1. The van der Waals surface area contributed by atoms with Crippen LogP contribution in [0.15, 0.2) is 37.0 Å². The van der Waals surface area contributed by atoms with E-state index >= 15 is 0 Å². The van der Waals surface area contributed by atoms with Crippen molar-refractivity contribution in [3.8, 4) is 0 Å². The number of amides is 2. The fourth-order valence-electron chi connectivity index (χ4n) is 2.51. The topological polar surface area (TPSA) is 92.5 Å². The van der Waals surface area contributed by atoms with E-state index < -0.39 is 5.91 Å². The van der Waals surface area contributed by atoms with Crippen molar-refractivity contribution in [2.45, 2.75) is 46.5 Å². The van der Waals surface area contributed by atoms with E-state index in [1.165, 1.54) is 0 Å². The van der Waals surface area contributed by atoms with Crippen molar-refractivity contribution in [3.05, 3.63) is 37.0 Å². The second kappa shape index (κ2) is 18.2. The number of aldehydes is 1. The van der Waals surface area contributed by atoms with Crippen molar-refractivity contribution in [3.63, 3.8) is 0 Å². The van der Waals surface area contributed by atoms with Crippen LogP contribution >= 0.6 is 0 Å². The van der Waals surface area contributed by atoms with Crippen LogP contribution in [0.4, 0.5) is 0 Å². The first-order chi connectivity index (χ1) is 13.2. The maximum atomic E-state index is 11.9. The molecule has 0 heterocycles. The molecule has 0 aromatic heterocycles. The van der Waals surface area contributed by atoms with Crippen LogP contribution < -0.4 is 11.1 Å². The third-order valence-corrected chi connectivity index (χ3v) is 3.86. The Labute approximate surface area is 170 Å². The van der Waals surface area contributed by atoms with Crippen molar-refractivity contribution in [2.75, 3.05) is 26.7 Å². The number of unbranched alkanes of at least 4 members (excludes halogenated alkanes) is 1. The molecule has 0 saturated heterocycles. The number of nitrogens with zero attached hydrogens (tertiary/aromatic N) is 1. The molecule has 6 nitrogen and oxygen atoms in total. The number of carbonyl (C=O) groups excluding carboxylic acids is 3. The minimum absolute atomic E-state index is 0.123. The minimum Gasteiger partial charge on any atom is -0.370 e. The highest BCUT2D eigenvalue weighted by Crippen LogP contribution is 2.12. The molecule has 1 unspecified atom stereocenters. The summed E-state index contributed by atoms with van der Waals surface area (Å²) in [7, 11) is 1.78. The Bertz CT molecular complexity index is 513. The molecule has 0 bridgehead atoms. The van der Waals surface area contributed by atoms with E-state index in [2.05, 4.69) is 25.4 Å². The highest BCUT2D eigenvalue weighted by Gasteiger charge is 2.13. The van der Waals surface area contributed by atoms with Gasteiger partial charge in [0.15, 0.2) is 0 Å². The van der Waals surface area contributed by atoms with Gasteiger partial charge in [0.25, 0.3) is 0 Å². The fraction of sp³-hybridized carbons (Fsp3) is 0.591. The molecule has 3 N–H and O–H groups in total. The third kappa shape index (κ3) is 16.0. The number of primary amides is 1. The highest BCUT2D eigenvalue weighted by molar-refractivity contribution is 5.78. The number of hydrogen-bond donors (Lipinski definition) is 2. The van der Waals surface area contributed by atoms with Gasteiger partial charge in [-0.2, -0.15) is 0 Å². The summed E-state index contributed by atoms with van der Waals surface area (Å²) in [6.07, 6.45) is 9.22. The van der Waals surface area contributed by atoms with Crippen molar-refractivity contribution in [2.24, 2.45) is 17.6 Å². The Hall–Kier alpha value is -2.21. The number of rotatable bonds is 14. The van der Waals surface area contributed by atoms with E-state index in [9.17, 15) is 14.4 Å². The second-order valence-electron chi connectivity index (χ2n) is 7.08. The maximum Gasteiger partial charge on any atom is 0.236 e. The molecule has 0 aliphatic carbocycles. The molecule has 6 heteroatoms. The molecule has 0 spiro atoms. The number of hydrogen-bond acceptors (Lipinski definition) is 4. The molecule has 0 aliphatic rings. The number of likely N-dealkylation sites (N-methyl/N-ethyl adjacent to an activating group) is 1. The number of carbonyl (C=O) groups is 3. The van der Waals surface area contributed by atoms with Crippen LogP contribution in [0, 0.1) is 11.8 Å². The monoisotopic (exact) mass is 393 g/mol. The zero-order chi connectivity index (χ0) is 21.9. The molecular formula is C22H39N3O3. The van der Waals surface area contributed by atoms with Gasteiger partial charge in [-0.25, -0.2) is 0 Å². The first-order valence-electron chi connectivity index (χ1n) is 9.85. The fourth-order valence-corrected chi connectivity index (χ4v) is 2.51. The smallest absolute Gasteiger partial charge is 0.236 e. The van der Waals surface area contributed by atoms with Gasteiger partial charge in [0.1, 0.15) is 6.29 Å². The average molecular weight is 394 g/mol. The summed E-state index contributed by atoms with van der Waals surface area (Å²) < 4.78 is 0. The molecule has 0 aromatic rings. The van der Waals surface area contributed by atoms with E-state index in [-0.39, 0.29) is 18.2 Å². The molecule has 2 amide bonds. The van der Waals surface area contributed by atoms with Crippen molar-refractivity contribution in [1.82, 2.24) is 10.2 Å². The molecule has 0 fully saturated rings. The van der Waals surface area contributed by atoms with Gasteiger partial charge in [0, 0.05) is 25.4 Å². The SMILES string of the molecule is C=C/C=C(\C=C)CN(CCCC)C(=O)CNC.CC(C)CC(C=O)CC(N)=O. The van der Waals surface area contributed by atoms with Gasteiger partial charge < -0.3 is 20.7 Å². The molecule has 0 aromatic carbocycles.